The number of aromatic hydroxyl groups is 1. The van der Waals surface area contributed by atoms with E-state index < -0.39 is 53.9 Å². The lowest BCUT2D eigenvalue weighted by atomic mass is 9.85. The number of ketones is 2. The molecule has 3 amide bonds. The third-order valence-corrected chi connectivity index (χ3v) is 9.63. The van der Waals surface area contributed by atoms with Crippen molar-refractivity contribution >= 4 is 35.6 Å². The molecule has 15 nitrogen and oxygen atoms in total. The third kappa shape index (κ3) is 13.6. The monoisotopic (exact) mass is 792 g/mol. The number of nitrogens with one attached hydrogen (secondary N) is 3. The molecule has 1 heterocycles. The first-order valence-electron chi connectivity index (χ1n) is 18.7. The van der Waals surface area contributed by atoms with Crippen molar-refractivity contribution in [1.29, 1.82) is 0 Å². The van der Waals surface area contributed by atoms with Gasteiger partial charge in [0.05, 0.1) is 30.7 Å². The smallest absolute Gasteiger partial charge is 0.405 e. The first-order chi connectivity index (χ1) is 27.1. The zero-order valence-electron chi connectivity index (χ0n) is 33.6. The molecule has 0 saturated carbocycles. The molecule has 0 radical (unpaired) electrons. The zero-order valence-corrected chi connectivity index (χ0v) is 33.6. The average Bonchev–Trinajstić information content (AvgIpc) is 3.17. The number of ether oxygens (including phenoxy) is 4. The highest BCUT2D eigenvalue weighted by molar-refractivity contribution is 6.23. The SMILES string of the molecule is COc1cc(/C=C/C(=O)NCCCCNC2=C3C[C@@H](C)C[C@H](OC)[C@H](O)[C@@H](C)/C=C(\C)[C@H](OC(N)=O)[C@@H](OC)/C=C\C=C(/C)C(=O)NC(=CC2=O)C3=O)ccc1O. The summed E-state index contributed by atoms with van der Waals surface area (Å²) in [5.41, 5.74) is 6.97. The van der Waals surface area contributed by atoms with Crippen LogP contribution in [0.5, 0.6) is 11.5 Å². The molecule has 1 aromatic carbocycles. The summed E-state index contributed by atoms with van der Waals surface area (Å²) in [7, 11) is 4.33. The van der Waals surface area contributed by atoms with Gasteiger partial charge in [-0.1, -0.05) is 44.2 Å². The van der Waals surface area contributed by atoms with Crippen molar-refractivity contribution in [1.82, 2.24) is 16.0 Å². The number of phenolic OH excluding ortho intramolecular Hbond substituents is 1. The van der Waals surface area contributed by atoms with Crippen LogP contribution in [-0.4, -0.2) is 98.5 Å². The van der Waals surface area contributed by atoms with Crippen LogP contribution in [0.25, 0.3) is 6.08 Å². The molecule has 0 saturated heterocycles. The van der Waals surface area contributed by atoms with Crippen molar-refractivity contribution in [2.24, 2.45) is 17.6 Å². The summed E-state index contributed by atoms with van der Waals surface area (Å²) in [6.07, 6.45) is 7.51. The molecule has 7 N–H and O–H groups in total. The van der Waals surface area contributed by atoms with Crippen LogP contribution in [0.3, 0.4) is 0 Å². The second-order valence-electron chi connectivity index (χ2n) is 14.1. The van der Waals surface area contributed by atoms with Gasteiger partial charge in [-0.15, -0.1) is 0 Å². The summed E-state index contributed by atoms with van der Waals surface area (Å²) < 4.78 is 21.8. The predicted octanol–water partition coefficient (Wildman–Crippen LogP) is 3.68. The number of phenols is 1. The Kier molecular flexibility index (Phi) is 17.9. The van der Waals surface area contributed by atoms with Gasteiger partial charge in [0.1, 0.15) is 6.10 Å². The van der Waals surface area contributed by atoms with Gasteiger partial charge in [-0.3, -0.25) is 19.2 Å². The number of fused-ring (bicyclic) bond motifs is 2. The van der Waals surface area contributed by atoms with Gasteiger partial charge in [-0.05, 0) is 74.8 Å². The summed E-state index contributed by atoms with van der Waals surface area (Å²) >= 11 is 0. The van der Waals surface area contributed by atoms with Crippen LogP contribution >= 0.6 is 0 Å². The number of aliphatic hydroxyl groups is 1. The van der Waals surface area contributed by atoms with Gasteiger partial charge in [0.15, 0.2) is 17.6 Å². The molecular formula is C42H56N4O11. The molecule has 0 aromatic heterocycles. The fourth-order valence-corrected chi connectivity index (χ4v) is 6.48. The first-order valence-corrected chi connectivity index (χ1v) is 18.7. The Bertz CT molecular complexity index is 1830. The fraction of sp³-hybridized carbons (Fsp3) is 0.452. The van der Waals surface area contributed by atoms with E-state index in [-0.39, 0.29) is 46.5 Å². The van der Waals surface area contributed by atoms with Gasteiger partial charge in [0.25, 0.3) is 5.91 Å². The molecule has 0 spiro atoms. The Morgan fingerprint density at radius 2 is 1.77 bits per heavy atom. The molecule has 6 atom stereocenters. The highest BCUT2D eigenvalue weighted by Crippen LogP contribution is 2.29. The Labute approximate surface area is 333 Å². The summed E-state index contributed by atoms with van der Waals surface area (Å²) in [4.78, 5) is 64.9. The van der Waals surface area contributed by atoms with Gasteiger partial charge >= 0.3 is 6.09 Å². The lowest BCUT2D eigenvalue weighted by Crippen LogP contribution is -2.38. The van der Waals surface area contributed by atoms with E-state index in [2.05, 4.69) is 16.0 Å². The van der Waals surface area contributed by atoms with Crippen LogP contribution < -0.4 is 26.4 Å². The molecular weight excluding hydrogens is 736 g/mol. The van der Waals surface area contributed by atoms with Gasteiger partial charge in [-0.2, -0.15) is 0 Å². The van der Waals surface area contributed by atoms with E-state index in [9.17, 15) is 34.2 Å². The van der Waals surface area contributed by atoms with E-state index in [0.717, 1.165) is 6.08 Å². The highest BCUT2D eigenvalue weighted by Gasteiger charge is 2.33. The topological polar surface area (TPSA) is 225 Å². The molecule has 0 unspecified atom stereocenters. The fourth-order valence-electron chi connectivity index (χ4n) is 6.48. The Balaban J connectivity index is 1.81. The molecule has 1 aliphatic heterocycles. The van der Waals surface area contributed by atoms with Crippen LogP contribution in [0.1, 0.15) is 58.9 Å². The number of aliphatic hydroxyl groups excluding tert-OH is 1. The predicted molar refractivity (Wildman–Crippen MR) is 213 cm³/mol. The summed E-state index contributed by atoms with van der Waals surface area (Å²) in [5.74, 6) is -2.39. The molecule has 1 aromatic rings. The molecule has 57 heavy (non-hydrogen) atoms. The minimum atomic E-state index is -1.02. The van der Waals surface area contributed by atoms with E-state index in [1.807, 2.05) is 6.92 Å². The van der Waals surface area contributed by atoms with Crippen molar-refractivity contribution in [3.63, 3.8) is 0 Å². The molecule has 1 aliphatic carbocycles. The number of hydrogen-bond donors (Lipinski definition) is 6. The first kappa shape index (κ1) is 45.9. The second kappa shape index (κ2) is 22.3. The number of allylic oxidation sites excluding steroid dienone is 4. The molecule has 2 bridgehead atoms. The van der Waals surface area contributed by atoms with Crippen LogP contribution in [0.15, 0.2) is 82.8 Å². The second-order valence-corrected chi connectivity index (χ2v) is 14.1. The largest absolute Gasteiger partial charge is 0.504 e. The Hall–Kier alpha value is -5.51. The van der Waals surface area contributed by atoms with Crippen molar-refractivity contribution in [2.75, 3.05) is 34.4 Å². The Morgan fingerprint density at radius 1 is 1.05 bits per heavy atom. The van der Waals surface area contributed by atoms with Gasteiger partial charge < -0.3 is 50.8 Å². The molecule has 2 aliphatic rings. The number of carbonyl (C=O) groups is 5. The number of nitrogens with two attached hydrogens (primary N) is 1. The number of carbonyl (C=O) groups excluding carboxylic acids is 5. The third-order valence-electron chi connectivity index (χ3n) is 9.63. The molecule has 15 heteroatoms. The van der Waals surface area contributed by atoms with E-state index >= 15 is 0 Å². The van der Waals surface area contributed by atoms with Crippen LogP contribution in [-0.2, 0) is 33.4 Å². The number of unbranched alkanes of at least 4 members (excludes halogenated alkanes) is 1. The minimum absolute atomic E-state index is 0.00459. The van der Waals surface area contributed by atoms with Gasteiger partial charge in [0, 0.05) is 56.5 Å². The highest BCUT2D eigenvalue weighted by atomic mass is 16.6. The lowest BCUT2D eigenvalue weighted by molar-refractivity contribution is -0.120. The number of hydrogen-bond acceptors (Lipinski definition) is 12. The van der Waals surface area contributed by atoms with Crippen molar-refractivity contribution in [3.8, 4) is 11.5 Å². The van der Waals surface area contributed by atoms with Crippen molar-refractivity contribution < 1.29 is 53.1 Å². The maximum absolute atomic E-state index is 14.0. The lowest BCUT2D eigenvalue weighted by Gasteiger charge is -2.30. The van der Waals surface area contributed by atoms with Crippen LogP contribution in [0.4, 0.5) is 4.79 Å². The number of primary amides is 1. The summed E-state index contributed by atoms with van der Waals surface area (Å²) in [6, 6.07) is 4.73. The summed E-state index contributed by atoms with van der Waals surface area (Å²) in [5, 5.41) is 29.7. The minimum Gasteiger partial charge on any atom is -0.504 e. The van der Waals surface area contributed by atoms with Crippen LogP contribution in [0, 0.1) is 11.8 Å². The molecule has 3 rings (SSSR count). The Morgan fingerprint density at radius 3 is 2.44 bits per heavy atom. The summed E-state index contributed by atoms with van der Waals surface area (Å²) in [6.45, 7) is 7.60. The average molecular weight is 793 g/mol. The van der Waals surface area contributed by atoms with E-state index in [0.29, 0.717) is 49.2 Å². The number of Topliss-reactive ketones (excluding diaryl/α,β-unsaturated/α-hetero) is 1. The number of rotatable bonds is 12. The van der Waals surface area contributed by atoms with Crippen molar-refractivity contribution in [2.45, 2.75) is 77.8 Å². The molecule has 310 valence electrons. The quantitative estimate of drug-likeness (QED) is 0.0772. The maximum Gasteiger partial charge on any atom is 0.405 e. The zero-order chi connectivity index (χ0) is 42.2. The number of benzene rings is 1. The standard InChI is InChI=1S/C42H56N4O11/c1-24-19-29-37(45-18-9-8-17-44-36(49)16-14-28-13-15-31(47)34(22-28)55-6)32(48)23-30(39(29)51)46-41(52)25(2)11-10-12-33(54-5)40(57-42(43)53)27(4)21-26(3)38(50)35(20-24)56-7/h10-16,21-24,26,33,35,38,40,45,47,50H,8-9,17-20H2,1-7H3,(H2,43,53)(H,44,49)(H,46,52)/b12-10-,16-14+,25-11+,27-21+/t24-,26+,33+,35+,38-,40+/m1/s1. The van der Waals surface area contributed by atoms with Crippen LogP contribution in [0.2, 0.25) is 0 Å². The number of amides is 3. The van der Waals surface area contributed by atoms with Gasteiger partial charge in [0.2, 0.25) is 17.5 Å². The van der Waals surface area contributed by atoms with E-state index in [4.69, 9.17) is 24.7 Å². The van der Waals surface area contributed by atoms with Crippen molar-refractivity contribution in [3.05, 3.63) is 88.3 Å². The van der Waals surface area contributed by atoms with Gasteiger partial charge in [-0.25, -0.2) is 4.79 Å². The normalized spacial score (nSPS) is 26.4. The molecule has 0 fully saturated rings. The number of methoxy groups -OCH3 is 3. The maximum atomic E-state index is 14.0. The van der Waals surface area contributed by atoms with E-state index in [1.165, 1.54) is 52.5 Å². The van der Waals surface area contributed by atoms with E-state index in [1.54, 1.807) is 44.2 Å².